The zero-order chi connectivity index (χ0) is 20.5. The molecule has 1 aliphatic rings. The Morgan fingerprint density at radius 1 is 1.21 bits per heavy atom. The smallest absolute Gasteiger partial charge is 0.310 e. The van der Waals surface area contributed by atoms with Gasteiger partial charge < -0.3 is 14.2 Å². The molecule has 1 aromatic carbocycles. The summed E-state index contributed by atoms with van der Waals surface area (Å²) in [6.07, 6.45) is 1.87. The van der Waals surface area contributed by atoms with E-state index in [4.69, 9.17) is 14.2 Å². The van der Waals surface area contributed by atoms with Gasteiger partial charge in [-0.25, -0.2) is 9.50 Å². The van der Waals surface area contributed by atoms with Crippen LogP contribution in [0.15, 0.2) is 23.4 Å². The van der Waals surface area contributed by atoms with Crippen LogP contribution in [0.25, 0.3) is 5.78 Å². The Balaban J connectivity index is 1.44. The van der Waals surface area contributed by atoms with Crippen LogP contribution in [-0.4, -0.2) is 51.0 Å². The van der Waals surface area contributed by atoms with E-state index in [1.165, 1.54) is 11.8 Å². The number of esters is 1. The van der Waals surface area contributed by atoms with Crippen molar-refractivity contribution in [2.45, 2.75) is 25.4 Å². The molecule has 9 nitrogen and oxygen atoms in total. The number of benzene rings is 1. The molecule has 0 unspecified atom stereocenters. The normalized spacial score (nSPS) is 12.4. The van der Waals surface area contributed by atoms with Crippen LogP contribution in [0.4, 0.5) is 0 Å². The second-order valence-electron chi connectivity index (χ2n) is 6.40. The number of Topliss-reactive ketones (excluding diaryl/α,β-unsaturated/α-hetero) is 1. The lowest BCUT2D eigenvalue weighted by molar-refractivity contribution is -0.141. The lowest BCUT2D eigenvalue weighted by Crippen LogP contribution is -2.17. The Morgan fingerprint density at radius 3 is 2.79 bits per heavy atom. The summed E-state index contributed by atoms with van der Waals surface area (Å²) in [6, 6.07) is 4.86. The van der Waals surface area contributed by atoms with E-state index in [1.807, 2.05) is 13.2 Å². The highest BCUT2D eigenvalue weighted by Crippen LogP contribution is 2.32. The predicted molar refractivity (Wildman–Crippen MR) is 104 cm³/mol. The SMILES string of the molecule is CSc1nc2nc(C)c(CC(=O)OCC(=O)c3ccc4c(c3)OCO4)c(C)n2n1. The van der Waals surface area contributed by atoms with E-state index in [9.17, 15) is 9.59 Å². The summed E-state index contributed by atoms with van der Waals surface area (Å²) < 4.78 is 17.3. The number of thioether (sulfide) groups is 1. The Bertz CT molecular complexity index is 1130. The first-order valence-electron chi connectivity index (χ1n) is 8.81. The highest BCUT2D eigenvalue weighted by molar-refractivity contribution is 7.98. The van der Waals surface area contributed by atoms with Crippen molar-refractivity contribution >= 4 is 29.3 Å². The van der Waals surface area contributed by atoms with Gasteiger partial charge in [0.25, 0.3) is 5.78 Å². The van der Waals surface area contributed by atoms with Crippen LogP contribution in [0.2, 0.25) is 0 Å². The van der Waals surface area contributed by atoms with Gasteiger partial charge in [0.15, 0.2) is 23.9 Å². The average Bonchev–Trinajstić information content (AvgIpc) is 3.35. The average molecular weight is 414 g/mol. The maximum atomic E-state index is 12.3. The summed E-state index contributed by atoms with van der Waals surface area (Å²) in [4.78, 5) is 33.4. The monoisotopic (exact) mass is 414 g/mol. The van der Waals surface area contributed by atoms with E-state index in [1.54, 1.807) is 29.6 Å². The minimum atomic E-state index is -0.517. The molecule has 4 rings (SSSR count). The van der Waals surface area contributed by atoms with Crippen LogP contribution in [-0.2, 0) is 16.0 Å². The fraction of sp³-hybridized carbons (Fsp3) is 0.316. The van der Waals surface area contributed by atoms with Gasteiger partial charge in [-0.2, -0.15) is 4.98 Å². The van der Waals surface area contributed by atoms with Gasteiger partial charge in [0.1, 0.15) is 0 Å². The predicted octanol–water partition coefficient (Wildman–Crippen LogP) is 2.16. The number of hydrogen-bond acceptors (Lipinski definition) is 9. The highest BCUT2D eigenvalue weighted by Gasteiger charge is 2.19. The van der Waals surface area contributed by atoms with Crippen molar-refractivity contribution in [1.82, 2.24) is 19.6 Å². The molecule has 0 amide bonds. The van der Waals surface area contributed by atoms with Crippen molar-refractivity contribution in [3.05, 3.63) is 40.7 Å². The van der Waals surface area contributed by atoms with E-state index < -0.39 is 5.97 Å². The first-order chi connectivity index (χ1) is 14.0. The highest BCUT2D eigenvalue weighted by atomic mass is 32.2. The third-order valence-electron chi connectivity index (χ3n) is 4.59. The van der Waals surface area contributed by atoms with E-state index in [-0.39, 0.29) is 25.6 Å². The zero-order valence-corrected chi connectivity index (χ0v) is 16.9. The van der Waals surface area contributed by atoms with Crippen LogP contribution in [0.1, 0.15) is 27.3 Å². The van der Waals surface area contributed by atoms with Crippen molar-refractivity contribution in [1.29, 1.82) is 0 Å². The molecule has 150 valence electrons. The van der Waals surface area contributed by atoms with Gasteiger partial charge in [0, 0.05) is 22.5 Å². The number of ether oxygens (including phenoxy) is 3. The molecule has 3 heterocycles. The van der Waals surface area contributed by atoms with E-state index >= 15 is 0 Å². The van der Waals surface area contributed by atoms with E-state index in [2.05, 4.69) is 15.1 Å². The number of carbonyl (C=O) groups excluding carboxylic acids is 2. The number of hydrogen-bond donors (Lipinski definition) is 0. The van der Waals surface area contributed by atoms with Crippen molar-refractivity contribution < 1.29 is 23.8 Å². The van der Waals surface area contributed by atoms with Gasteiger partial charge in [-0.05, 0) is 38.3 Å². The number of carbonyl (C=O) groups is 2. The topological polar surface area (TPSA) is 105 Å². The van der Waals surface area contributed by atoms with Crippen LogP contribution < -0.4 is 9.47 Å². The molecule has 1 aliphatic heterocycles. The maximum absolute atomic E-state index is 12.3. The molecular formula is C19H18N4O5S. The summed E-state index contributed by atoms with van der Waals surface area (Å²) in [7, 11) is 0. The van der Waals surface area contributed by atoms with Crippen LogP contribution >= 0.6 is 11.8 Å². The van der Waals surface area contributed by atoms with Crippen LogP contribution in [0, 0.1) is 13.8 Å². The molecule has 0 saturated carbocycles. The lowest BCUT2D eigenvalue weighted by Gasteiger charge is -2.10. The Labute approximate surface area is 170 Å². The number of ketones is 1. The number of rotatable bonds is 6. The summed E-state index contributed by atoms with van der Waals surface area (Å²) in [5.41, 5.74) is 2.54. The van der Waals surface area contributed by atoms with Gasteiger partial charge in [-0.1, -0.05) is 11.8 Å². The third-order valence-corrected chi connectivity index (χ3v) is 5.13. The second-order valence-corrected chi connectivity index (χ2v) is 7.17. The molecule has 0 bridgehead atoms. The number of fused-ring (bicyclic) bond motifs is 2. The quantitative estimate of drug-likeness (QED) is 0.341. The summed E-state index contributed by atoms with van der Waals surface area (Å²) >= 11 is 1.42. The van der Waals surface area contributed by atoms with Gasteiger partial charge >= 0.3 is 5.97 Å². The van der Waals surface area contributed by atoms with Gasteiger partial charge in [-0.15, -0.1) is 5.10 Å². The van der Waals surface area contributed by atoms with Gasteiger partial charge in [0.05, 0.1) is 6.42 Å². The molecule has 0 saturated heterocycles. The van der Waals surface area contributed by atoms with Crippen LogP contribution in [0.5, 0.6) is 11.5 Å². The molecular weight excluding hydrogens is 396 g/mol. The molecule has 2 aromatic heterocycles. The molecule has 0 atom stereocenters. The van der Waals surface area contributed by atoms with Crippen molar-refractivity contribution in [3.8, 4) is 11.5 Å². The fourth-order valence-corrected chi connectivity index (χ4v) is 3.36. The van der Waals surface area contributed by atoms with Crippen molar-refractivity contribution in [3.63, 3.8) is 0 Å². The Morgan fingerprint density at radius 2 is 2.00 bits per heavy atom. The molecule has 3 aromatic rings. The number of aryl methyl sites for hydroxylation is 2. The molecule has 29 heavy (non-hydrogen) atoms. The molecule has 0 radical (unpaired) electrons. The number of nitrogens with zero attached hydrogens (tertiary/aromatic N) is 4. The molecule has 0 spiro atoms. The minimum Gasteiger partial charge on any atom is -0.457 e. The third kappa shape index (κ3) is 3.75. The van der Waals surface area contributed by atoms with E-state index in [0.29, 0.717) is 39.3 Å². The van der Waals surface area contributed by atoms with Gasteiger partial charge in [0.2, 0.25) is 11.9 Å². The van der Waals surface area contributed by atoms with Crippen LogP contribution in [0.3, 0.4) is 0 Å². The summed E-state index contributed by atoms with van der Waals surface area (Å²) in [5.74, 6) is 0.742. The molecule has 0 fully saturated rings. The first-order valence-corrected chi connectivity index (χ1v) is 10.0. The Hall–Kier alpha value is -3.14. The van der Waals surface area contributed by atoms with Gasteiger partial charge in [-0.3, -0.25) is 9.59 Å². The fourth-order valence-electron chi connectivity index (χ4n) is 3.03. The number of aromatic nitrogens is 4. The lowest BCUT2D eigenvalue weighted by atomic mass is 10.1. The van der Waals surface area contributed by atoms with Crippen molar-refractivity contribution in [2.24, 2.45) is 0 Å². The Kier molecular flexibility index (Phi) is 5.10. The van der Waals surface area contributed by atoms with E-state index in [0.717, 1.165) is 5.69 Å². The second kappa shape index (κ2) is 7.70. The first kappa shape index (κ1) is 19.2. The largest absolute Gasteiger partial charge is 0.457 e. The standard InChI is InChI=1S/C19H18N4O5S/c1-10-13(11(2)23-18(20-10)21-19(22-23)29-3)7-17(25)26-8-14(24)12-4-5-15-16(6-12)28-9-27-15/h4-6H,7-9H2,1-3H3. The maximum Gasteiger partial charge on any atom is 0.310 e. The molecule has 0 N–H and O–H groups in total. The molecule has 10 heteroatoms. The minimum absolute atomic E-state index is 0.0104. The van der Waals surface area contributed by atoms with Crippen molar-refractivity contribution in [2.75, 3.05) is 19.7 Å². The summed E-state index contributed by atoms with van der Waals surface area (Å²) in [6.45, 7) is 3.43. The molecule has 0 aliphatic carbocycles. The summed E-state index contributed by atoms with van der Waals surface area (Å²) in [5, 5.41) is 4.97. The zero-order valence-electron chi connectivity index (χ0n) is 16.1.